The van der Waals surface area contributed by atoms with Crippen molar-refractivity contribution in [3.8, 4) is 0 Å². The van der Waals surface area contributed by atoms with Crippen molar-refractivity contribution in [2.75, 3.05) is 5.32 Å². The number of hydrogen-bond donors (Lipinski definition) is 2. The molecule has 0 aliphatic carbocycles. The van der Waals surface area contributed by atoms with Crippen LogP contribution in [-0.4, -0.2) is 20.8 Å². The van der Waals surface area contributed by atoms with Crippen LogP contribution in [0, 0.1) is 0 Å². The van der Waals surface area contributed by atoms with E-state index in [9.17, 15) is 9.90 Å². The van der Waals surface area contributed by atoms with Crippen LogP contribution in [0.3, 0.4) is 0 Å². The molecule has 0 fully saturated rings. The largest absolute Gasteiger partial charge is 0.508 e. The molecule has 0 aliphatic heterocycles. The van der Waals surface area contributed by atoms with Crippen LogP contribution < -0.4 is 5.32 Å². The van der Waals surface area contributed by atoms with E-state index in [1.165, 1.54) is 6.92 Å². The molecular weight excluding hydrogens is 218 g/mol. The smallest absolute Gasteiger partial charge is 0.222 e. The first-order valence-electron chi connectivity index (χ1n) is 4.98. The second-order valence-electron chi connectivity index (χ2n) is 3.48. The summed E-state index contributed by atoms with van der Waals surface area (Å²) in [5.74, 6) is 0.139. The van der Waals surface area contributed by atoms with Crippen LogP contribution in [0.4, 0.5) is 5.82 Å². The van der Waals surface area contributed by atoms with Crippen LogP contribution in [0.15, 0.2) is 37.1 Å². The Labute approximate surface area is 99.8 Å². The highest BCUT2D eigenvalue weighted by Crippen LogP contribution is 2.22. The van der Waals surface area contributed by atoms with Gasteiger partial charge in [0.1, 0.15) is 5.76 Å². The summed E-state index contributed by atoms with van der Waals surface area (Å²) in [5.41, 5.74) is 1.15. The van der Waals surface area contributed by atoms with Crippen LogP contribution in [0.5, 0.6) is 0 Å². The number of aliphatic hydroxyl groups excluding tert-OH is 1. The standard InChI is InChI=1S/C12H15N3O2/c1-5-6-10(8(2)16)11-7-12(13-9(3)17)14-15(11)4/h5-7,16H,1-2H2,3-4H3,(H,13,14,17)/b10-6+. The number of aliphatic hydroxyl groups is 1. The minimum absolute atomic E-state index is 0.0812. The van der Waals surface area contributed by atoms with Crippen molar-refractivity contribution in [2.24, 2.45) is 7.05 Å². The molecule has 0 unspecified atom stereocenters. The van der Waals surface area contributed by atoms with Gasteiger partial charge in [-0.25, -0.2) is 0 Å². The highest BCUT2D eigenvalue weighted by Gasteiger charge is 2.12. The zero-order chi connectivity index (χ0) is 13.0. The van der Waals surface area contributed by atoms with E-state index in [0.717, 1.165) is 0 Å². The van der Waals surface area contributed by atoms with Gasteiger partial charge in [0.2, 0.25) is 5.91 Å². The lowest BCUT2D eigenvalue weighted by atomic mass is 10.1. The maximum Gasteiger partial charge on any atom is 0.222 e. The number of amides is 1. The predicted molar refractivity (Wildman–Crippen MR) is 67.5 cm³/mol. The van der Waals surface area contributed by atoms with Crippen molar-refractivity contribution in [1.82, 2.24) is 9.78 Å². The second kappa shape index (κ2) is 5.16. The van der Waals surface area contributed by atoms with E-state index in [1.54, 1.807) is 29.9 Å². The zero-order valence-electron chi connectivity index (χ0n) is 9.90. The molecule has 5 heteroatoms. The fourth-order valence-corrected chi connectivity index (χ4v) is 1.41. The molecule has 1 aromatic heterocycles. The monoisotopic (exact) mass is 233 g/mol. The average molecular weight is 233 g/mol. The number of nitrogens with one attached hydrogen (secondary N) is 1. The van der Waals surface area contributed by atoms with Gasteiger partial charge in [0.05, 0.1) is 5.69 Å². The lowest BCUT2D eigenvalue weighted by Crippen LogP contribution is -2.06. The van der Waals surface area contributed by atoms with Crippen LogP contribution in [-0.2, 0) is 11.8 Å². The molecule has 0 saturated heterocycles. The lowest BCUT2D eigenvalue weighted by molar-refractivity contribution is -0.114. The van der Waals surface area contributed by atoms with Crippen LogP contribution in [0.1, 0.15) is 12.6 Å². The van der Waals surface area contributed by atoms with E-state index in [1.807, 2.05) is 0 Å². The van der Waals surface area contributed by atoms with Gasteiger partial charge in [0.15, 0.2) is 5.82 Å². The number of carbonyl (C=O) groups excluding carboxylic acids is 1. The van der Waals surface area contributed by atoms with Crippen molar-refractivity contribution >= 4 is 17.3 Å². The fourth-order valence-electron chi connectivity index (χ4n) is 1.41. The first-order valence-corrected chi connectivity index (χ1v) is 4.98. The minimum Gasteiger partial charge on any atom is -0.508 e. The molecule has 1 rings (SSSR count). The van der Waals surface area contributed by atoms with Crippen LogP contribution in [0.2, 0.25) is 0 Å². The Hall–Kier alpha value is -2.30. The van der Waals surface area contributed by atoms with Gasteiger partial charge in [0, 0.05) is 25.6 Å². The molecule has 0 aliphatic rings. The van der Waals surface area contributed by atoms with Gasteiger partial charge in [-0.3, -0.25) is 9.48 Å². The van der Waals surface area contributed by atoms with Crippen LogP contribution >= 0.6 is 0 Å². The van der Waals surface area contributed by atoms with E-state index < -0.39 is 0 Å². The highest BCUT2D eigenvalue weighted by atomic mass is 16.3. The van der Waals surface area contributed by atoms with E-state index in [4.69, 9.17) is 0 Å². The Kier molecular flexibility index (Phi) is 3.87. The molecule has 2 N–H and O–H groups in total. The Balaban J connectivity index is 3.17. The minimum atomic E-state index is -0.202. The number of nitrogens with zero attached hydrogens (tertiary/aromatic N) is 2. The van der Waals surface area contributed by atoms with E-state index in [0.29, 0.717) is 17.1 Å². The lowest BCUT2D eigenvalue weighted by Gasteiger charge is -2.04. The van der Waals surface area contributed by atoms with Crippen molar-refractivity contribution < 1.29 is 9.90 Å². The number of allylic oxidation sites excluding steroid dienone is 3. The van der Waals surface area contributed by atoms with Gasteiger partial charge < -0.3 is 10.4 Å². The summed E-state index contributed by atoms with van der Waals surface area (Å²) < 4.78 is 1.54. The van der Waals surface area contributed by atoms with E-state index in [2.05, 4.69) is 23.6 Å². The van der Waals surface area contributed by atoms with Gasteiger partial charge in [-0.2, -0.15) is 5.10 Å². The summed E-state index contributed by atoms with van der Waals surface area (Å²) in [6.07, 6.45) is 3.17. The van der Waals surface area contributed by atoms with Crippen molar-refractivity contribution in [3.05, 3.63) is 42.8 Å². The molecule has 0 saturated carbocycles. The van der Waals surface area contributed by atoms with Gasteiger partial charge in [0.25, 0.3) is 0 Å². The fraction of sp³-hybridized carbons (Fsp3) is 0.167. The Bertz CT molecular complexity index is 498. The highest BCUT2D eigenvalue weighted by molar-refractivity contribution is 5.88. The van der Waals surface area contributed by atoms with Gasteiger partial charge >= 0.3 is 0 Å². The molecule has 1 amide bonds. The summed E-state index contributed by atoms with van der Waals surface area (Å²) in [6, 6.07) is 1.65. The first-order chi connectivity index (χ1) is 7.95. The van der Waals surface area contributed by atoms with Gasteiger partial charge in [-0.15, -0.1) is 0 Å². The van der Waals surface area contributed by atoms with E-state index in [-0.39, 0.29) is 11.7 Å². The van der Waals surface area contributed by atoms with Crippen LogP contribution in [0.25, 0.3) is 5.57 Å². The quantitative estimate of drug-likeness (QED) is 0.617. The van der Waals surface area contributed by atoms with Gasteiger partial charge in [-0.05, 0) is 6.08 Å². The third-order valence-electron chi connectivity index (χ3n) is 2.06. The third kappa shape index (κ3) is 3.07. The summed E-state index contributed by atoms with van der Waals surface area (Å²) in [4.78, 5) is 10.9. The summed E-state index contributed by atoms with van der Waals surface area (Å²) in [7, 11) is 1.71. The van der Waals surface area contributed by atoms with Crippen molar-refractivity contribution in [3.63, 3.8) is 0 Å². The molecule has 5 nitrogen and oxygen atoms in total. The second-order valence-corrected chi connectivity index (χ2v) is 3.48. The molecule has 0 bridgehead atoms. The maximum atomic E-state index is 10.9. The van der Waals surface area contributed by atoms with E-state index >= 15 is 0 Å². The molecule has 0 spiro atoms. The number of rotatable bonds is 4. The Morgan fingerprint density at radius 2 is 2.29 bits per heavy atom. The molecule has 90 valence electrons. The molecule has 0 atom stereocenters. The summed E-state index contributed by atoms with van der Waals surface area (Å²) >= 11 is 0. The SMILES string of the molecule is C=C/C=C(\C(=C)O)c1cc(NC(C)=O)nn1C. The molecule has 1 aromatic rings. The first kappa shape index (κ1) is 12.8. The summed E-state index contributed by atoms with van der Waals surface area (Å²) in [6.45, 7) is 8.44. The molecular formula is C12H15N3O2. The van der Waals surface area contributed by atoms with Gasteiger partial charge in [-0.1, -0.05) is 19.2 Å². The predicted octanol–water partition coefficient (Wildman–Crippen LogP) is 2.02. The Morgan fingerprint density at radius 3 is 2.76 bits per heavy atom. The number of anilines is 1. The molecule has 0 aromatic carbocycles. The average Bonchev–Trinajstić information content (AvgIpc) is 2.54. The zero-order valence-corrected chi connectivity index (χ0v) is 9.90. The number of aromatic nitrogens is 2. The maximum absolute atomic E-state index is 10.9. The summed E-state index contributed by atoms with van der Waals surface area (Å²) in [5, 5.41) is 16.1. The number of carbonyl (C=O) groups is 1. The Morgan fingerprint density at radius 1 is 1.65 bits per heavy atom. The topological polar surface area (TPSA) is 67.2 Å². The normalized spacial score (nSPS) is 11.1. The number of hydrogen-bond acceptors (Lipinski definition) is 3. The van der Waals surface area contributed by atoms with Crippen molar-refractivity contribution in [2.45, 2.75) is 6.92 Å². The van der Waals surface area contributed by atoms with Crippen molar-refractivity contribution in [1.29, 1.82) is 0 Å². The molecule has 0 radical (unpaired) electrons. The molecule has 1 heterocycles. The molecule has 17 heavy (non-hydrogen) atoms. The third-order valence-corrected chi connectivity index (χ3v) is 2.06. The number of aryl methyl sites for hydroxylation is 1.